The van der Waals surface area contributed by atoms with E-state index in [2.05, 4.69) is 43.3 Å². The van der Waals surface area contributed by atoms with Crippen molar-refractivity contribution in [1.82, 2.24) is 15.3 Å². The van der Waals surface area contributed by atoms with Crippen LogP contribution in [0.4, 0.5) is 0 Å². The van der Waals surface area contributed by atoms with Gasteiger partial charge in [0, 0.05) is 18.7 Å². The molecule has 3 rings (SSSR count). The van der Waals surface area contributed by atoms with Gasteiger partial charge < -0.3 is 5.32 Å². The molecule has 0 bridgehead atoms. The maximum absolute atomic E-state index is 4.68. The predicted octanol–water partition coefficient (Wildman–Crippen LogP) is 3.04. The van der Waals surface area contributed by atoms with Crippen LogP contribution in [-0.2, 0) is 0 Å². The normalized spacial score (nSPS) is 19.7. The third kappa shape index (κ3) is 2.41. The van der Waals surface area contributed by atoms with E-state index < -0.39 is 0 Å². The van der Waals surface area contributed by atoms with Crippen LogP contribution in [-0.4, -0.2) is 23.1 Å². The summed E-state index contributed by atoms with van der Waals surface area (Å²) in [5.74, 6) is 1.44. The van der Waals surface area contributed by atoms with E-state index in [-0.39, 0.29) is 0 Å². The Morgan fingerprint density at radius 1 is 1.35 bits per heavy atom. The number of nitrogens with one attached hydrogen (secondary N) is 1. The molecule has 3 heterocycles. The molecule has 0 amide bonds. The molecule has 88 valence electrons. The van der Waals surface area contributed by atoms with Crippen LogP contribution in [0.2, 0.25) is 0 Å². The highest BCUT2D eigenvalue weighted by atomic mass is 79.9. The Balaban J connectivity index is 1.93. The zero-order chi connectivity index (χ0) is 11.7. The molecule has 2 aromatic heterocycles. The van der Waals surface area contributed by atoms with Crippen LogP contribution in [0.3, 0.4) is 0 Å². The Morgan fingerprint density at radius 2 is 2.29 bits per heavy atom. The quantitative estimate of drug-likeness (QED) is 0.926. The summed E-state index contributed by atoms with van der Waals surface area (Å²) in [5, 5.41) is 3.35. The standard InChI is InChI=1S/C12H12BrN3S/c13-11-2-1-10(17-11)9-4-6-15-12(16-9)8-3-5-14-7-8/h1-2,4,6,8,14H,3,5,7H2. The molecule has 1 aliphatic rings. The molecule has 1 N–H and O–H groups in total. The number of hydrogen-bond donors (Lipinski definition) is 1. The van der Waals surface area contributed by atoms with Crippen LogP contribution in [0, 0.1) is 0 Å². The molecule has 1 saturated heterocycles. The lowest BCUT2D eigenvalue weighted by molar-refractivity contribution is 0.703. The minimum atomic E-state index is 0.471. The minimum absolute atomic E-state index is 0.471. The molecule has 2 aromatic rings. The Kier molecular flexibility index (Phi) is 3.22. The van der Waals surface area contributed by atoms with E-state index in [1.54, 1.807) is 11.3 Å². The van der Waals surface area contributed by atoms with Crippen molar-refractivity contribution in [2.24, 2.45) is 0 Å². The third-order valence-electron chi connectivity index (χ3n) is 2.93. The molecular formula is C12H12BrN3S. The van der Waals surface area contributed by atoms with Gasteiger partial charge in [-0.3, -0.25) is 0 Å². The maximum atomic E-state index is 4.68. The topological polar surface area (TPSA) is 37.8 Å². The van der Waals surface area contributed by atoms with Gasteiger partial charge >= 0.3 is 0 Å². The molecule has 1 atom stereocenters. The lowest BCUT2D eigenvalue weighted by Gasteiger charge is -2.07. The van der Waals surface area contributed by atoms with E-state index in [1.807, 2.05) is 12.3 Å². The molecule has 1 unspecified atom stereocenters. The largest absolute Gasteiger partial charge is 0.316 e. The second-order valence-corrected chi connectivity index (χ2v) is 6.56. The van der Waals surface area contributed by atoms with Crippen LogP contribution >= 0.6 is 27.3 Å². The fourth-order valence-electron chi connectivity index (χ4n) is 2.03. The van der Waals surface area contributed by atoms with Gasteiger partial charge in [-0.2, -0.15) is 0 Å². The second kappa shape index (κ2) is 4.84. The highest BCUT2D eigenvalue weighted by Crippen LogP contribution is 2.30. The van der Waals surface area contributed by atoms with Crippen molar-refractivity contribution >= 4 is 27.3 Å². The maximum Gasteiger partial charge on any atom is 0.133 e. The molecular weight excluding hydrogens is 298 g/mol. The van der Waals surface area contributed by atoms with Gasteiger partial charge in [-0.05, 0) is 47.1 Å². The van der Waals surface area contributed by atoms with E-state index in [9.17, 15) is 0 Å². The van der Waals surface area contributed by atoms with Crippen LogP contribution < -0.4 is 5.32 Å². The molecule has 3 nitrogen and oxygen atoms in total. The summed E-state index contributed by atoms with van der Waals surface area (Å²) in [4.78, 5) is 10.3. The molecule has 0 saturated carbocycles. The van der Waals surface area contributed by atoms with Crippen molar-refractivity contribution in [2.45, 2.75) is 12.3 Å². The van der Waals surface area contributed by atoms with Crippen LogP contribution in [0.25, 0.3) is 10.6 Å². The van der Waals surface area contributed by atoms with E-state index in [0.29, 0.717) is 5.92 Å². The number of thiophene rings is 1. The van der Waals surface area contributed by atoms with Gasteiger partial charge in [0.05, 0.1) is 14.4 Å². The minimum Gasteiger partial charge on any atom is -0.316 e. The number of aromatic nitrogens is 2. The Bertz CT molecular complexity index is 520. The van der Waals surface area contributed by atoms with E-state index in [4.69, 9.17) is 0 Å². The summed E-state index contributed by atoms with van der Waals surface area (Å²) in [6.07, 6.45) is 3.00. The highest BCUT2D eigenvalue weighted by Gasteiger charge is 2.19. The number of halogens is 1. The fourth-order valence-corrected chi connectivity index (χ4v) is 3.39. The van der Waals surface area contributed by atoms with Crippen molar-refractivity contribution in [1.29, 1.82) is 0 Å². The zero-order valence-corrected chi connectivity index (χ0v) is 11.6. The van der Waals surface area contributed by atoms with Gasteiger partial charge in [0.15, 0.2) is 0 Å². The van der Waals surface area contributed by atoms with E-state index >= 15 is 0 Å². The average molecular weight is 310 g/mol. The van der Waals surface area contributed by atoms with Crippen molar-refractivity contribution in [3.8, 4) is 10.6 Å². The van der Waals surface area contributed by atoms with Gasteiger partial charge in [0.1, 0.15) is 5.82 Å². The Labute approximate surface area is 112 Å². The second-order valence-electron chi connectivity index (χ2n) is 4.09. The van der Waals surface area contributed by atoms with Crippen molar-refractivity contribution in [3.05, 3.63) is 34.0 Å². The average Bonchev–Trinajstić information content (AvgIpc) is 3.00. The van der Waals surface area contributed by atoms with E-state index in [1.165, 1.54) is 4.88 Å². The first-order valence-corrected chi connectivity index (χ1v) is 7.23. The number of rotatable bonds is 2. The van der Waals surface area contributed by atoms with Gasteiger partial charge in [0.2, 0.25) is 0 Å². The first-order chi connectivity index (χ1) is 8.33. The van der Waals surface area contributed by atoms with Crippen LogP contribution in [0.5, 0.6) is 0 Å². The zero-order valence-electron chi connectivity index (χ0n) is 9.19. The van der Waals surface area contributed by atoms with Crippen LogP contribution in [0.15, 0.2) is 28.2 Å². The molecule has 1 fully saturated rings. The summed E-state index contributed by atoms with van der Waals surface area (Å²) in [6.45, 7) is 2.07. The monoisotopic (exact) mass is 309 g/mol. The molecule has 0 radical (unpaired) electrons. The van der Waals surface area contributed by atoms with Gasteiger partial charge in [0.25, 0.3) is 0 Å². The number of hydrogen-bond acceptors (Lipinski definition) is 4. The summed E-state index contributed by atoms with van der Waals surface area (Å²) >= 11 is 5.18. The first kappa shape index (κ1) is 11.3. The SMILES string of the molecule is Brc1ccc(-c2ccnc(C3CCNC3)n2)s1. The van der Waals surface area contributed by atoms with Gasteiger partial charge in [-0.15, -0.1) is 11.3 Å². The smallest absolute Gasteiger partial charge is 0.133 e. The predicted molar refractivity (Wildman–Crippen MR) is 73.3 cm³/mol. The summed E-state index contributed by atoms with van der Waals surface area (Å²) < 4.78 is 1.13. The summed E-state index contributed by atoms with van der Waals surface area (Å²) in [6, 6.07) is 6.12. The molecule has 0 aromatic carbocycles. The molecule has 5 heteroatoms. The Morgan fingerprint density at radius 3 is 3.00 bits per heavy atom. The lowest BCUT2D eigenvalue weighted by atomic mass is 10.1. The van der Waals surface area contributed by atoms with Gasteiger partial charge in [-0.1, -0.05) is 0 Å². The fraction of sp³-hybridized carbons (Fsp3) is 0.333. The number of nitrogens with zero attached hydrogens (tertiary/aromatic N) is 2. The van der Waals surface area contributed by atoms with Crippen LogP contribution in [0.1, 0.15) is 18.2 Å². The molecule has 0 aliphatic carbocycles. The highest BCUT2D eigenvalue weighted by molar-refractivity contribution is 9.11. The van der Waals surface area contributed by atoms with Crippen molar-refractivity contribution in [2.75, 3.05) is 13.1 Å². The van der Waals surface area contributed by atoms with Crippen molar-refractivity contribution in [3.63, 3.8) is 0 Å². The Hall–Kier alpha value is -0.780. The molecule has 1 aliphatic heterocycles. The van der Waals surface area contributed by atoms with Crippen molar-refractivity contribution < 1.29 is 0 Å². The molecule has 0 spiro atoms. The molecule has 17 heavy (non-hydrogen) atoms. The summed E-state index contributed by atoms with van der Waals surface area (Å²) in [7, 11) is 0. The van der Waals surface area contributed by atoms with E-state index in [0.717, 1.165) is 34.8 Å². The lowest BCUT2D eigenvalue weighted by Crippen LogP contribution is -2.10. The first-order valence-electron chi connectivity index (χ1n) is 5.62. The third-order valence-corrected chi connectivity index (χ3v) is 4.57. The van der Waals surface area contributed by atoms with Gasteiger partial charge in [-0.25, -0.2) is 9.97 Å². The summed E-state index contributed by atoms with van der Waals surface area (Å²) in [5.41, 5.74) is 1.03.